The van der Waals surface area contributed by atoms with Crippen molar-refractivity contribution in [3.8, 4) is 0 Å². The summed E-state index contributed by atoms with van der Waals surface area (Å²) < 4.78 is 13.0. The van der Waals surface area contributed by atoms with Gasteiger partial charge in [0, 0.05) is 19.1 Å². The summed E-state index contributed by atoms with van der Waals surface area (Å²) in [5.41, 5.74) is 0. The summed E-state index contributed by atoms with van der Waals surface area (Å²) in [5, 5.41) is 9.05. The number of halogens is 1. The number of hydrogen-bond donors (Lipinski definition) is 1. The van der Waals surface area contributed by atoms with E-state index in [2.05, 4.69) is 11.8 Å². The van der Waals surface area contributed by atoms with E-state index < -0.39 is 6.17 Å². The van der Waals surface area contributed by atoms with Gasteiger partial charge in [-0.05, 0) is 24.7 Å². The molecule has 13 heavy (non-hydrogen) atoms. The van der Waals surface area contributed by atoms with Crippen LogP contribution < -0.4 is 0 Å². The molecule has 2 fully saturated rings. The van der Waals surface area contributed by atoms with Crippen molar-refractivity contribution in [1.82, 2.24) is 4.90 Å². The summed E-state index contributed by atoms with van der Waals surface area (Å²) >= 11 is 0. The minimum absolute atomic E-state index is 0.0859. The van der Waals surface area contributed by atoms with E-state index in [1.807, 2.05) is 0 Å². The summed E-state index contributed by atoms with van der Waals surface area (Å²) in [6.07, 6.45) is 1.09. The molecule has 2 rings (SSSR count). The zero-order chi connectivity index (χ0) is 9.42. The maximum absolute atomic E-state index is 13.0. The molecule has 0 aromatic rings. The molecule has 0 aromatic heterocycles. The van der Waals surface area contributed by atoms with Gasteiger partial charge < -0.3 is 5.11 Å². The lowest BCUT2D eigenvalue weighted by molar-refractivity contribution is 0.152. The van der Waals surface area contributed by atoms with Gasteiger partial charge in [0.15, 0.2) is 0 Å². The van der Waals surface area contributed by atoms with Crippen LogP contribution in [0.3, 0.4) is 0 Å². The first-order valence-corrected chi connectivity index (χ1v) is 5.19. The molecule has 76 valence electrons. The molecule has 0 bridgehead atoms. The lowest BCUT2D eigenvalue weighted by atomic mass is 10.2. The Hall–Kier alpha value is -0.150. The fourth-order valence-electron chi connectivity index (χ4n) is 2.29. The second kappa shape index (κ2) is 3.54. The van der Waals surface area contributed by atoms with E-state index in [-0.39, 0.29) is 12.6 Å². The van der Waals surface area contributed by atoms with Crippen molar-refractivity contribution in [3.05, 3.63) is 0 Å². The number of alkyl halides is 1. The zero-order valence-electron chi connectivity index (χ0n) is 8.12. The van der Waals surface area contributed by atoms with Gasteiger partial charge >= 0.3 is 0 Å². The van der Waals surface area contributed by atoms with Crippen LogP contribution >= 0.6 is 0 Å². The first kappa shape index (κ1) is 9.41. The molecule has 1 aliphatic heterocycles. The van der Waals surface area contributed by atoms with Crippen molar-refractivity contribution in [3.63, 3.8) is 0 Å². The molecule has 0 radical (unpaired) electrons. The van der Waals surface area contributed by atoms with Crippen LogP contribution in [0.25, 0.3) is 0 Å². The van der Waals surface area contributed by atoms with E-state index >= 15 is 0 Å². The van der Waals surface area contributed by atoms with Crippen LogP contribution in [-0.4, -0.2) is 41.9 Å². The molecule has 0 spiro atoms. The summed E-state index contributed by atoms with van der Waals surface area (Å²) in [6.45, 7) is 3.88. The Morgan fingerprint density at radius 1 is 1.46 bits per heavy atom. The van der Waals surface area contributed by atoms with Crippen LogP contribution in [0.15, 0.2) is 0 Å². The quantitative estimate of drug-likeness (QED) is 0.714. The largest absolute Gasteiger partial charge is 0.395 e. The van der Waals surface area contributed by atoms with E-state index in [0.29, 0.717) is 13.0 Å². The molecule has 1 saturated heterocycles. The minimum atomic E-state index is -0.716. The van der Waals surface area contributed by atoms with E-state index in [4.69, 9.17) is 5.11 Å². The van der Waals surface area contributed by atoms with Crippen molar-refractivity contribution < 1.29 is 9.50 Å². The van der Waals surface area contributed by atoms with E-state index in [1.54, 1.807) is 0 Å². The molecular formula is C10H18FNO. The normalized spacial score (nSPS) is 45.5. The highest BCUT2D eigenvalue weighted by Gasteiger charge is 2.39. The molecule has 4 unspecified atom stereocenters. The minimum Gasteiger partial charge on any atom is -0.395 e. The van der Waals surface area contributed by atoms with Gasteiger partial charge in [-0.15, -0.1) is 0 Å². The van der Waals surface area contributed by atoms with Gasteiger partial charge in [0.1, 0.15) is 6.17 Å². The molecule has 1 N–H and O–H groups in total. The summed E-state index contributed by atoms with van der Waals surface area (Å²) in [7, 11) is 0. The average Bonchev–Trinajstić information content (AvgIpc) is 2.62. The Bertz CT molecular complexity index is 188. The first-order valence-electron chi connectivity index (χ1n) is 5.19. The lowest BCUT2D eigenvalue weighted by Crippen LogP contribution is -2.34. The van der Waals surface area contributed by atoms with Crippen molar-refractivity contribution in [2.24, 2.45) is 11.8 Å². The molecule has 1 aliphatic carbocycles. The fourth-order valence-corrected chi connectivity index (χ4v) is 2.29. The maximum Gasteiger partial charge on any atom is 0.114 e. The van der Waals surface area contributed by atoms with Crippen molar-refractivity contribution in [2.75, 3.05) is 19.7 Å². The first-order chi connectivity index (χ1) is 6.20. The zero-order valence-corrected chi connectivity index (χ0v) is 8.12. The van der Waals surface area contributed by atoms with Gasteiger partial charge in [-0.2, -0.15) is 0 Å². The lowest BCUT2D eigenvalue weighted by Gasteiger charge is -2.21. The van der Waals surface area contributed by atoms with Crippen LogP contribution in [0.4, 0.5) is 4.39 Å². The number of nitrogens with zero attached hydrogens (tertiary/aromatic N) is 1. The SMILES string of the molecule is CC1CC1CN1CC(F)CC1CO. The number of rotatable bonds is 3. The summed E-state index contributed by atoms with van der Waals surface area (Å²) in [4.78, 5) is 2.12. The molecule has 0 amide bonds. The Kier molecular flexibility index (Phi) is 2.56. The fraction of sp³-hybridized carbons (Fsp3) is 1.00. The standard InChI is InChI=1S/C10H18FNO/c1-7-2-8(7)4-12-5-9(11)3-10(12)6-13/h7-10,13H,2-6H2,1H3. The molecule has 3 heteroatoms. The molecule has 1 saturated carbocycles. The monoisotopic (exact) mass is 187 g/mol. The highest BCUT2D eigenvalue weighted by Crippen LogP contribution is 2.39. The van der Waals surface area contributed by atoms with Gasteiger partial charge in [0.25, 0.3) is 0 Å². The molecule has 0 aromatic carbocycles. The Morgan fingerprint density at radius 2 is 2.15 bits per heavy atom. The number of likely N-dealkylation sites (tertiary alicyclic amines) is 1. The van der Waals surface area contributed by atoms with Crippen LogP contribution in [0.1, 0.15) is 19.8 Å². The highest BCUT2D eigenvalue weighted by molar-refractivity contribution is 4.91. The van der Waals surface area contributed by atoms with Crippen molar-refractivity contribution >= 4 is 0 Å². The van der Waals surface area contributed by atoms with Gasteiger partial charge in [-0.25, -0.2) is 4.39 Å². The Labute approximate surface area is 78.7 Å². The molecule has 2 nitrogen and oxygen atoms in total. The van der Waals surface area contributed by atoms with Gasteiger partial charge in [-0.3, -0.25) is 4.90 Å². The van der Waals surface area contributed by atoms with Crippen LogP contribution in [0, 0.1) is 11.8 Å². The number of aliphatic hydroxyl groups excluding tert-OH is 1. The van der Waals surface area contributed by atoms with Gasteiger partial charge in [-0.1, -0.05) is 6.92 Å². The predicted octanol–water partition coefficient (Wildman–Crippen LogP) is 1.05. The topological polar surface area (TPSA) is 23.5 Å². The van der Waals surface area contributed by atoms with Crippen LogP contribution in [0.2, 0.25) is 0 Å². The number of aliphatic hydroxyl groups is 1. The number of hydrogen-bond acceptors (Lipinski definition) is 2. The van der Waals surface area contributed by atoms with E-state index in [0.717, 1.165) is 18.4 Å². The van der Waals surface area contributed by atoms with Crippen molar-refractivity contribution in [1.29, 1.82) is 0 Å². The average molecular weight is 187 g/mol. The summed E-state index contributed by atoms with van der Waals surface area (Å²) in [5.74, 6) is 1.58. The van der Waals surface area contributed by atoms with E-state index in [1.165, 1.54) is 6.42 Å². The second-order valence-corrected chi connectivity index (χ2v) is 4.60. The van der Waals surface area contributed by atoms with Crippen molar-refractivity contribution in [2.45, 2.75) is 32.0 Å². The smallest absolute Gasteiger partial charge is 0.114 e. The third-order valence-electron chi connectivity index (χ3n) is 3.43. The highest BCUT2D eigenvalue weighted by atomic mass is 19.1. The Balaban J connectivity index is 1.83. The molecule has 1 heterocycles. The van der Waals surface area contributed by atoms with Crippen LogP contribution in [-0.2, 0) is 0 Å². The third-order valence-corrected chi connectivity index (χ3v) is 3.43. The van der Waals surface area contributed by atoms with Crippen LogP contribution in [0.5, 0.6) is 0 Å². The maximum atomic E-state index is 13.0. The molecular weight excluding hydrogens is 169 g/mol. The van der Waals surface area contributed by atoms with Gasteiger partial charge in [0.05, 0.1) is 6.61 Å². The Morgan fingerprint density at radius 3 is 2.69 bits per heavy atom. The van der Waals surface area contributed by atoms with Gasteiger partial charge in [0.2, 0.25) is 0 Å². The second-order valence-electron chi connectivity index (χ2n) is 4.60. The summed E-state index contributed by atoms with van der Waals surface area (Å²) in [6, 6.07) is 0.0859. The van der Waals surface area contributed by atoms with E-state index in [9.17, 15) is 4.39 Å². The molecule has 2 aliphatic rings. The predicted molar refractivity (Wildman–Crippen MR) is 49.2 cm³/mol. The molecule has 4 atom stereocenters. The third kappa shape index (κ3) is 2.02.